The fourth-order valence-electron chi connectivity index (χ4n) is 1.50. The minimum atomic E-state index is -0.373. The van der Waals surface area contributed by atoms with Gasteiger partial charge in [0.25, 0.3) is 0 Å². The van der Waals surface area contributed by atoms with Gasteiger partial charge in [-0.1, -0.05) is 0 Å². The summed E-state index contributed by atoms with van der Waals surface area (Å²) in [5, 5.41) is 9.04. The zero-order chi connectivity index (χ0) is 14.4. The molecule has 0 aliphatic carbocycles. The number of rotatable bonds is 5. The van der Waals surface area contributed by atoms with Crippen LogP contribution in [-0.2, 0) is 9.59 Å². The summed E-state index contributed by atoms with van der Waals surface area (Å²) in [4.78, 5) is 26.3. The van der Waals surface area contributed by atoms with E-state index in [1.165, 1.54) is 6.33 Å². The Kier molecular flexibility index (Phi) is 4.40. The lowest BCUT2D eigenvalue weighted by atomic mass is 10.3. The maximum absolute atomic E-state index is 11.6. The lowest BCUT2D eigenvalue weighted by Crippen LogP contribution is -2.36. The number of nitrogens with one attached hydrogen (secondary N) is 2. The normalized spacial score (nSPS) is 10.1. The Labute approximate surface area is 115 Å². The number of anilines is 1. The molecule has 20 heavy (non-hydrogen) atoms. The van der Waals surface area contributed by atoms with E-state index in [2.05, 4.69) is 20.7 Å². The highest BCUT2D eigenvalue weighted by atomic mass is 16.2. The SMILES string of the molecule is NCC(=O)NCC(=O)Nc1ccc(-n2cncn2)cc1. The van der Waals surface area contributed by atoms with Crippen molar-refractivity contribution in [2.45, 2.75) is 0 Å². The average molecular weight is 274 g/mol. The van der Waals surface area contributed by atoms with Crippen molar-refractivity contribution in [3.05, 3.63) is 36.9 Å². The molecule has 0 saturated heterocycles. The molecule has 0 unspecified atom stereocenters. The van der Waals surface area contributed by atoms with Gasteiger partial charge in [0, 0.05) is 5.69 Å². The Morgan fingerprint density at radius 2 is 1.95 bits per heavy atom. The highest BCUT2D eigenvalue weighted by Gasteiger charge is 2.04. The van der Waals surface area contributed by atoms with E-state index >= 15 is 0 Å². The predicted octanol–water partition coefficient (Wildman–Crippen LogP) is -0.719. The van der Waals surface area contributed by atoms with Crippen molar-refractivity contribution in [1.29, 1.82) is 0 Å². The summed E-state index contributed by atoms with van der Waals surface area (Å²) < 4.78 is 1.60. The standard InChI is InChI=1S/C12H14N6O2/c13-5-11(19)15-6-12(20)17-9-1-3-10(4-2-9)18-8-14-7-16-18/h1-4,7-8H,5-6,13H2,(H,15,19)(H,17,20). The molecule has 0 atom stereocenters. The first kappa shape index (κ1) is 13.7. The number of hydrogen-bond donors (Lipinski definition) is 3. The quantitative estimate of drug-likeness (QED) is 0.665. The molecule has 2 amide bonds. The van der Waals surface area contributed by atoms with Crippen LogP contribution in [0.5, 0.6) is 0 Å². The van der Waals surface area contributed by atoms with Crippen molar-refractivity contribution in [2.24, 2.45) is 5.73 Å². The highest BCUT2D eigenvalue weighted by molar-refractivity contribution is 5.94. The number of aromatic nitrogens is 3. The van der Waals surface area contributed by atoms with E-state index in [4.69, 9.17) is 5.73 Å². The predicted molar refractivity (Wildman–Crippen MR) is 72.1 cm³/mol. The molecular weight excluding hydrogens is 260 g/mol. The van der Waals surface area contributed by atoms with Crippen molar-refractivity contribution >= 4 is 17.5 Å². The number of benzene rings is 1. The molecule has 4 N–H and O–H groups in total. The van der Waals surface area contributed by atoms with Gasteiger partial charge < -0.3 is 16.4 Å². The lowest BCUT2D eigenvalue weighted by Gasteiger charge is -2.07. The fourth-order valence-corrected chi connectivity index (χ4v) is 1.50. The minimum Gasteiger partial charge on any atom is -0.346 e. The number of nitrogens with two attached hydrogens (primary N) is 1. The molecule has 0 radical (unpaired) electrons. The van der Waals surface area contributed by atoms with Gasteiger partial charge in [-0.25, -0.2) is 9.67 Å². The van der Waals surface area contributed by atoms with E-state index in [-0.39, 0.29) is 24.9 Å². The zero-order valence-corrected chi connectivity index (χ0v) is 10.6. The second-order valence-electron chi connectivity index (χ2n) is 3.92. The largest absolute Gasteiger partial charge is 0.346 e. The first-order chi connectivity index (χ1) is 9.69. The Bertz CT molecular complexity index is 579. The summed E-state index contributed by atoms with van der Waals surface area (Å²) in [6, 6.07) is 7.06. The molecule has 0 aliphatic heterocycles. The summed E-state index contributed by atoms with van der Waals surface area (Å²) in [6.07, 6.45) is 3.02. The Balaban J connectivity index is 1.90. The molecule has 0 saturated carbocycles. The van der Waals surface area contributed by atoms with E-state index in [0.29, 0.717) is 5.69 Å². The molecule has 1 aromatic carbocycles. The third-order valence-corrected chi connectivity index (χ3v) is 2.47. The molecule has 0 bridgehead atoms. The average Bonchev–Trinajstić information content (AvgIpc) is 2.99. The van der Waals surface area contributed by atoms with E-state index in [0.717, 1.165) is 5.69 Å². The van der Waals surface area contributed by atoms with Gasteiger partial charge in [0.1, 0.15) is 12.7 Å². The molecule has 2 rings (SSSR count). The first-order valence-electron chi connectivity index (χ1n) is 5.90. The molecule has 0 aliphatic rings. The monoisotopic (exact) mass is 274 g/mol. The number of hydrogen-bond acceptors (Lipinski definition) is 5. The molecule has 8 nitrogen and oxygen atoms in total. The third kappa shape index (κ3) is 3.62. The van der Waals surface area contributed by atoms with Crippen LogP contribution in [0, 0.1) is 0 Å². The lowest BCUT2D eigenvalue weighted by molar-refractivity contribution is -0.123. The van der Waals surface area contributed by atoms with Crippen molar-refractivity contribution < 1.29 is 9.59 Å². The second-order valence-corrected chi connectivity index (χ2v) is 3.92. The highest BCUT2D eigenvalue weighted by Crippen LogP contribution is 2.11. The van der Waals surface area contributed by atoms with E-state index in [9.17, 15) is 9.59 Å². The van der Waals surface area contributed by atoms with Crippen LogP contribution in [0.15, 0.2) is 36.9 Å². The molecule has 8 heteroatoms. The van der Waals surface area contributed by atoms with Gasteiger partial charge in [0.05, 0.1) is 18.8 Å². The van der Waals surface area contributed by atoms with Crippen LogP contribution in [-0.4, -0.2) is 39.7 Å². The third-order valence-electron chi connectivity index (χ3n) is 2.47. The second kappa shape index (κ2) is 6.43. The molecule has 104 valence electrons. The fraction of sp³-hybridized carbons (Fsp3) is 0.167. The topological polar surface area (TPSA) is 115 Å². The van der Waals surface area contributed by atoms with Crippen LogP contribution in [0.2, 0.25) is 0 Å². The Hall–Kier alpha value is -2.74. The summed E-state index contributed by atoms with van der Waals surface area (Å²) in [7, 11) is 0. The summed E-state index contributed by atoms with van der Waals surface area (Å²) in [5.41, 5.74) is 6.57. The van der Waals surface area contributed by atoms with Gasteiger partial charge >= 0.3 is 0 Å². The number of amides is 2. The van der Waals surface area contributed by atoms with Gasteiger partial charge in [-0.3, -0.25) is 9.59 Å². The van der Waals surface area contributed by atoms with Gasteiger partial charge in [-0.2, -0.15) is 5.10 Å². The maximum atomic E-state index is 11.6. The first-order valence-corrected chi connectivity index (χ1v) is 5.90. The van der Waals surface area contributed by atoms with Crippen LogP contribution >= 0.6 is 0 Å². The number of carbonyl (C=O) groups is 2. The van der Waals surface area contributed by atoms with Gasteiger partial charge in [-0.15, -0.1) is 0 Å². The number of carbonyl (C=O) groups excluding carboxylic acids is 2. The van der Waals surface area contributed by atoms with Crippen LogP contribution in [0.1, 0.15) is 0 Å². The van der Waals surface area contributed by atoms with Crippen molar-refractivity contribution in [3.8, 4) is 5.69 Å². The smallest absolute Gasteiger partial charge is 0.243 e. The Morgan fingerprint density at radius 1 is 1.20 bits per heavy atom. The Morgan fingerprint density at radius 3 is 2.55 bits per heavy atom. The van der Waals surface area contributed by atoms with E-state index < -0.39 is 0 Å². The van der Waals surface area contributed by atoms with Crippen molar-refractivity contribution in [2.75, 3.05) is 18.4 Å². The van der Waals surface area contributed by atoms with Crippen LogP contribution < -0.4 is 16.4 Å². The molecule has 1 aromatic heterocycles. The van der Waals surface area contributed by atoms with Crippen LogP contribution in [0.4, 0.5) is 5.69 Å². The van der Waals surface area contributed by atoms with E-state index in [1.54, 1.807) is 35.3 Å². The molecule has 0 spiro atoms. The maximum Gasteiger partial charge on any atom is 0.243 e. The van der Waals surface area contributed by atoms with Crippen molar-refractivity contribution in [3.63, 3.8) is 0 Å². The summed E-state index contributed by atoms with van der Waals surface area (Å²) >= 11 is 0. The molecule has 1 heterocycles. The summed E-state index contributed by atoms with van der Waals surface area (Å²) in [5.74, 6) is -0.693. The summed E-state index contributed by atoms with van der Waals surface area (Å²) in [6.45, 7) is -0.249. The molecular formula is C12H14N6O2. The van der Waals surface area contributed by atoms with Gasteiger partial charge in [0.2, 0.25) is 11.8 Å². The number of nitrogens with zero attached hydrogens (tertiary/aromatic N) is 3. The molecule has 2 aromatic rings. The van der Waals surface area contributed by atoms with E-state index in [1.807, 2.05) is 0 Å². The van der Waals surface area contributed by atoms with Crippen LogP contribution in [0.25, 0.3) is 5.69 Å². The van der Waals surface area contributed by atoms with Gasteiger partial charge in [0.15, 0.2) is 0 Å². The van der Waals surface area contributed by atoms with Crippen molar-refractivity contribution in [1.82, 2.24) is 20.1 Å². The van der Waals surface area contributed by atoms with Crippen LogP contribution in [0.3, 0.4) is 0 Å². The zero-order valence-electron chi connectivity index (χ0n) is 10.6. The molecule has 0 fully saturated rings. The van der Waals surface area contributed by atoms with Gasteiger partial charge in [-0.05, 0) is 24.3 Å². The minimum absolute atomic E-state index is 0.110.